The highest BCUT2D eigenvalue weighted by Crippen LogP contribution is 2.34. The third-order valence-electron chi connectivity index (χ3n) is 5.23. The Hall–Kier alpha value is -2.64. The largest absolute Gasteiger partial charge is 0.493 e. The van der Waals surface area contributed by atoms with Crippen molar-refractivity contribution in [1.82, 2.24) is 9.88 Å². The number of ether oxygens (including phenoxy) is 2. The zero-order valence-corrected chi connectivity index (χ0v) is 17.6. The van der Waals surface area contributed by atoms with Gasteiger partial charge in [0, 0.05) is 18.7 Å². The number of halogens is 2. The first-order valence-corrected chi connectivity index (χ1v) is 10.5. The molecular formula is C22H25ClFN4O2+. The van der Waals surface area contributed by atoms with Crippen LogP contribution in [0.4, 0.5) is 15.9 Å². The van der Waals surface area contributed by atoms with Crippen LogP contribution in [-0.4, -0.2) is 43.2 Å². The Kier molecular flexibility index (Phi) is 6.50. The van der Waals surface area contributed by atoms with Crippen LogP contribution < -0.4 is 19.8 Å². The van der Waals surface area contributed by atoms with Crippen LogP contribution in [0.2, 0.25) is 5.02 Å². The van der Waals surface area contributed by atoms with E-state index in [1.807, 2.05) is 12.1 Å². The van der Waals surface area contributed by atoms with E-state index < -0.39 is 5.82 Å². The molecule has 30 heavy (non-hydrogen) atoms. The fourth-order valence-corrected chi connectivity index (χ4v) is 3.85. The van der Waals surface area contributed by atoms with Crippen LogP contribution in [0.5, 0.6) is 11.5 Å². The number of benzene rings is 2. The van der Waals surface area contributed by atoms with Crippen molar-refractivity contribution in [3.8, 4) is 11.5 Å². The first-order chi connectivity index (χ1) is 14.6. The Morgan fingerprint density at radius 3 is 2.80 bits per heavy atom. The van der Waals surface area contributed by atoms with Crippen LogP contribution in [0.25, 0.3) is 10.9 Å². The normalized spacial score (nSPS) is 14.2. The van der Waals surface area contributed by atoms with Crippen molar-refractivity contribution in [1.29, 1.82) is 0 Å². The second kappa shape index (κ2) is 9.45. The Balaban J connectivity index is 1.51. The maximum absolute atomic E-state index is 13.4. The summed E-state index contributed by atoms with van der Waals surface area (Å²) in [6, 6.07) is 8.23. The fourth-order valence-electron chi connectivity index (χ4n) is 3.67. The van der Waals surface area contributed by atoms with Crippen molar-refractivity contribution in [2.45, 2.75) is 19.3 Å². The Morgan fingerprint density at radius 2 is 2.03 bits per heavy atom. The van der Waals surface area contributed by atoms with Gasteiger partial charge in [-0.3, -0.25) is 5.32 Å². The highest BCUT2D eigenvalue weighted by atomic mass is 35.5. The molecule has 0 unspecified atom stereocenters. The van der Waals surface area contributed by atoms with Gasteiger partial charge in [-0.05, 0) is 50.6 Å². The third kappa shape index (κ3) is 4.74. The molecule has 1 saturated heterocycles. The van der Waals surface area contributed by atoms with E-state index in [2.05, 4.69) is 20.2 Å². The van der Waals surface area contributed by atoms with Crippen molar-refractivity contribution in [2.24, 2.45) is 0 Å². The molecule has 0 amide bonds. The van der Waals surface area contributed by atoms with Gasteiger partial charge < -0.3 is 14.4 Å². The number of methoxy groups -OCH3 is 1. The minimum absolute atomic E-state index is 0.0561. The van der Waals surface area contributed by atoms with Crippen molar-refractivity contribution < 1.29 is 18.8 Å². The van der Waals surface area contributed by atoms with Crippen LogP contribution in [-0.2, 0) is 0 Å². The molecule has 0 saturated carbocycles. The molecule has 2 aromatic carbocycles. The quantitative estimate of drug-likeness (QED) is 0.533. The SMILES string of the molecule is COc1cc2c(Nc3ccc(F)c(Cl)c3)[nH+]cnc2cc1OCCCN1CCCC1. The lowest BCUT2D eigenvalue weighted by atomic mass is 10.2. The lowest BCUT2D eigenvalue weighted by Crippen LogP contribution is -2.22. The summed E-state index contributed by atoms with van der Waals surface area (Å²) in [5.74, 6) is 1.53. The minimum atomic E-state index is -0.459. The van der Waals surface area contributed by atoms with Crippen molar-refractivity contribution in [2.75, 3.05) is 38.7 Å². The summed E-state index contributed by atoms with van der Waals surface area (Å²) in [7, 11) is 1.62. The maximum Gasteiger partial charge on any atom is 0.234 e. The van der Waals surface area contributed by atoms with E-state index >= 15 is 0 Å². The smallest absolute Gasteiger partial charge is 0.234 e. The summed E-state index contributed by atoms with van der Waals surface area (Å²) < 4.78 is 25.0. The van der Waals surface area contributed by atoms with Crippen LogP contribution in [0, 0.1) is 5.82 Å². The van der Waals surface area contributed by atoms with E-state index in [-0.39, 0.29) is 5.02 Å². The average molecular weight is 432 g/mol. The summed E-state index contributed by atoms with van der Waals surface area (Å²) in [5, 5.41) is 4.10. The number of H-pyrrole nitrogens is 1. The molecule has 1 aliphatic rings. The van der Waals surface area contributed by atoms with Crippen LogP contribution in [0.3, 0.4) is 0 Å². The van der Waals surface area contributed by atoms with E-state index in [1.54, 1.807) is 19.5 Å². The molecule has 1 aromatic heterocycles. The number of rotatable bonds is 8. The van der Waals surface area contributed by atoms with E-state index in [0.717, 1.165) is 23.9 Å². The Morgan fingerprint density at radius 1 is 1.20 bits per heavy atom. The maximum atomic E-state index is 13.4. The number of nitrogens with zero attached hydrogens (tertiary/aromatic N) is 2. The molecule has 0 radical (unpaired) electrons. The van der Waals surface area contributed by atoms with Gasteiger partial charge in [0.2, 0.25) is 12.1 Å². The number of hydrogen-bond acceptors (Lipinski definition) is 5. The van der Waals surface area contributed by atoms with Gasteiger partial charge in [0.1, 0.15) is 5.82 Å². The molecule has 2 heterocycles. The zero-order valence-electron chi connectivity index (χ0n) is 16.9. The number of nitrogens with one attached hydrogen (secondary N) is 2. The van der Waals surface area contributed by atoms with Gasteiger partial charge in [0.15, 0.2) is 17.0 Å². The second-order valence-electron chi connectivity index (χ2n) is 7.30. The molecule has 0 atom stereocenters. The molecule has 3 aromatic rings. The molecule has 6 nitrogen and oxygen atoms in total. The highest BCUT2D eigenvalue weighted by molar-refractivity contribution is 6.31. The first kappa shape index (κ1) is 20.6. The molecule has 0 spiro atoms. The van der Waals surface area contributed by atoms with E-state index in [4.69, 9.17) is 21.1 Å². The van der Waals surface area contributed by atoms with Crippen LogP contribution in [0.15, 0.2) is 36.7 Å². The van der Waals surface area contributed by atoms with Gasteiger partial charge >= 0.3 is 0 Å². The summed E-state index contributed by atoms with van der Waals surface area (Å²) in [6.07, 6.45) is 5.15. The molecule has 158 valence electrons. The summed E-state index contributed by atoms with van der Waals surface area (Å²) in [5.41, 5.74) is 1.41. The second-order valence-corrected chi connectivity index (χ2v) is 7.71. The lowest BCUT2D eigenvalue weighted by molar-refractivity contribution is -0.363. The molecule has 0 aliphatic carbocycles. The molecule has 0 bridgehead atoms. The summed E-state index contributed by atoms with van der Waals surface area (Å²) >= 11 is 5.89. The topological polar surface area (TPSA) is 60.8 Å². The monoisotopic (exact) mass is 431 g/mol. The van der Waals surface area contributed by atoms with Crippen molar-refractivity contribution >= 4 is 34.0 Å². The Bertz CT molecular complexity index is 1030. The summed E-state index contributed by atoms with van der Waals surface area (Å²) in [4.78, 5) is 9.97. The van der Waals surface area contributed by atoms with Gasteiger partial charge in [-0.2, -0.15) is 0 Å². The first-order valence-electron chi connectivity index (χ1n) is 10.1. The predicted molar refractivity (Wildman–Crippen MR) is 115 cm³/mol. The number of aromatic nitrogens is 2. The lowest BCUT2D eigenvalue weighted by Gasteiger charge is -2.15. The number of aromatic amines is 1. The highest BCUT2D eigenvalue weighted by Gasteiger charge is 2.16. The predicted octanol–water partition coefficient (Wildman–Crippen LogP) is 4.46. The van der Waals surface area contributed by atoms with E-state index in [1.165, 1.54) is 38.1 Å². The summed E-state index contributed by atoms with van der Waals surface area (Å²) in [6.45, 7) is 4.05. The van der Waals surface area contributed by atoms with Crippen LogP contribution >= 0.6 is 11.6 Å². The Labute approximate surface area is 180 Å². The molecule has 1 aliphatic heterocycles. The molecule has 4 rings (SSSR count). The van der Waals surface area contributed by atoms with Crippen molar-refractivity contribution in [3.63, 3.8) is 0 Å². The average Bonchev–Trinajstić information content (AvgIpc) is 3.27. The van der Waals surface area contributed by atoms with Gasteiger partial charge in [0.05, 0.1) is 29.8 Å². The third-order valence-corrected chi connectivity index (χ3v) is 5.52. The molecule has 1 fully saturated rings. The van der Waals surface area contributed by atoms with Gasteiger partial charge in [-0.1, -0.05) is 11.6 Å². The van der Waals surface area contributed by atoms with E-state index in [9.17, 15) is 4.39 Å². The number of hydrogen-bond donors (Lipinski definition) is 1. The van der Waals surface area contributed by atoms with Crippen LogP contribution in [0.1, 0.15) is 19.3 Å². The van der Waals surface area contributed by atoms with Crippen molar-refractivity contribution in [3.05, 3.63) is 47.5 Å². The van der Waals surface area contributed by atoms with Gasteiger partial charge in [-0.15, -0.1) is 4.98 Å². The van der Waals surface area contributed by atoms with E-state index in [0.29, 0.717) is 29.6 Å². The zero-order chi connectivity index (χ0) is 20.9. The number of fused-ring (bicyclic) bond motifs is 1. The molecule has 2 N–H and O–H groups in total. The van der Waals surface area contributed by atoms with Gasteiger partial charge in [-0.25, -0.2) is 9.37 Å². The number of anilines is 2. The van der Waals surface area contributed by atoms with Gasteiger partial charge in [0.25, 0.3) is 0 Å². The number of likely N-dealkylation sites (tertiary alicyclic amines) is 1. The molecule has 8 heteroatoms. The minimum Gasteiger partial charge on any atom is -0.493 e. The standard InChI is InChI=1S/C22H24ClFN4O2/c1-29-20-12-16-19(13-21(20)30-10-4-9-28-7-2-3-8-28)25-14-26-22(16)27-15-5-6-18(24)17(23)11-15/h5-6,11-14H,2-4,7-10H2,1H3,(H,25,26,27)/p+1. The molecular weight excluding hydrogens is 407 g/mol. The fraction of sp³-hybridized carbons (Fsp3) is 0.364.